The summed E-state index contributed by atoms with van der Waals surface area (Å²) in [6.45, 7) is 0. The predicted molar refractivity (Wildman–Crippen MR) is 70.6 cm³/mol. The number of benzene rings is 1. The molecule has 1 aromatic heterocycles. The molecule has 102 valence electrons. The number of nitrogens with two attached hydrogens (primary N) is 1. The molecule has 2 aromatic rings. The number of para-hydroxylation sites is 1. The maximum absolute atomic E-state index is 11.4. The Bertz CT molecular complexity index is 655. The van der Waals surface area contributed by atoms with Gasteiger partial charge in [-0.25, -0.2) is 9.78 Å². The lowest BCUT2D eigenvalue weighted by Crippen LogP contribution is -2.12. The number of carbonyl (C=O) groups excluding carboxylic acids is 2. The van der Waals surface area contributed by atoms with Crippen molar-refractivity contribution in [3.8, 4) is 11.6 Å². The molecule has 20 heavy (non-hydrogen) atoms. The Hall–Kier alpha value is -2.89. The molecule has 0 bridgehead atoms. The molecule has 2 N–H and O–H groups in total. The van der Waals surface area contributed by atoms with E-state index in [9.17, 15) is 9.59 Å². The van der Waals surface area contributed by atoms with Crippen LogP contribution in [0.15, 0.2) is 42.6 Å². The van der Waals surface area contributed by atoms with Crippen LogP contribution in [0.25, 0.3) is 0 Å². The van der Waals surface area contributed by atoms with E-state index in [4.69, 9.17) is 10.5 Å². The molecule has 0 spiro atoms. The van der Waals surface area contributed by atoms with E-state index in [0.717, 1.165) is 0 Å². The molecular formula is C14H12N2O4. The number of primary amides is 1. The lowest BCUT2D eigenvalue weighted by molar-refractivity contribution is 0.0600. The second-order valence-electron chi connectivity index (χ2n) is 3.84. The number of carbonyl (C=O) groups is 2. The van der Waals surface area contributed by atoms with Gasteiger partial charge in [0.05, 0.1) is 18.2 Å². The Morgan fingerprint density at radius 1 is 1.20 bits per heavy atom. The number of hydrogen-bond donors (Lipinski definition) is 1. The van der Waals surface area contributed by atoms with Gasteiger partial charge in [-0.3, -0.25) is 4.79 Å². The minimum atomic E-state index is -0.607. The van der Waals surface area contributed by atoms with Gasteiger partial charge in [0.1, 0.15) is 5.75 Å². The second kappa shape index (κ2) is 5.83. The van der Waals surface area contributed by atoms with Crippen LogP contribution in [0.5, 0.6) is 11.6 Å². The van der Waals surface area contributed by atoms with Gasteiger partial charge >= 0.3 is 5.97 Å². The highest BCUT2D eigenvalue weighted by Crippen LogP contribution is 2.24. The van der Waals surface area contributed by atoms with Crippen LogP contribution in [-0.4, -0.2) is 24.0 Å². The van der Waals surface area contributed by atoms with Crippen LogP contribution in [0.3, 0.4) is 0 Å². The third kappa shape index (κ3) is 2.92. The van der Waals surface area contributed by atoms with Crippen molar-refractivity contribution >= 4 is 11.9 Å². The monoisotopic (exact) mass is 272 g/mol. The first kappa shape index (κ1) is 13.5. The van der Waals surface area contributed by atoms with Gasteiger partial charge in [0.25, 0.3) is 5.91 Å². The van der Waals surface area contributed by atoms with Gasteiger partial charge in [-0.05, 0) is 18.2 Å². The number of nitrogens with zero attached hydrogens (tertiary/aromatic N) is 1. The van der Waals surface area contributed by atoms with E-state index in [1.807, 2.05) is 0 Å². The zero-order valence-corrected chi connectivity index (χ0v) is 10.7. The Labute approximate surface area is 115 Å². The fourth-order valence-electron chi connectivity index (χ4n) is 1.58. The molecule has 0 saturated carbocycles. The van der Waals surface area contributed by atoms with Crippen LogP contribution in [0.1, 0.15) is 20.7 Å². The van der Waals surface area contributed by atoms with E-state index in [1.165, 1.54) is 25.4 Å². The maximum atomic E-state index is 11.4. The molecule has 0 atom stereocenters. The molecule has 0 fully saturated rings. The summed E-state index contributed by atoms with van der Waals surface area (Å²) in [5, 5.41) is 0. The number of ether oxygens (including phenoxy) is 2. The molecule has 0 aliphatic rings. The normalized spacial score (nSPS) is 9.85. The number of aromatic nitrogens is 1. The first-order valence-corrected chi connectivity index (χ1v) is 5.73. The van der Waals surface area contributed by atoms with E-state index < -0.39 is 11.9 Å². The van der Waals surface area contributed by atoms with Crippen LogP contribution in [0, 0.1) is 0 Å². The topological polar surface area (TPSA) is 91.5 Å². The summed E-state index contributed by atoms with van der Waals surface area (Å²) in [6.07, 6.45) is 1.41. The minimum absolute atomic E-state index is 0.168. The summed E-state index contributed by atoms with van der Waals surface area (Å²) in [6, 6.07) is 9.42. The standard InChI is InChI=1S/C14H12N2O4/c1-19-14(18)9-6-7-16-12(8-9)20-11-5-3-2-4-10(11)13(15)17/h2-8H,1H3,(H2,15,17). The number of pyridine rings is 1. The summed E-state index contributed by atoms with van der Waals surface area (Å²) < 4.78 is 10.1. The molecule has 2 rings (SSSR count). The first-order valence-electron chi connectivity index (χ1n) is 5.73. The molecule has 6 nitrogen and oxygen atoms in total. The Kier molecular flexibility index (Phi) is 3.95. The van der Waals surface area contributed by atoms with Crippen molar-refractivity contribution in [2.45, 2.75) is 0 Å². The number of hydrogen-bond acceptors (Lipinski definition) is 5. The van der Waals surface area contributed by atoms with Crippen molar-refractivity contribution in [1.82, 2.24) is 4.98 Å². The lowest BCUT2D eigenvalue weighted by atomic mass is 10.2. The molecule has 0 radical (unpaired) electrons. The van der Waals surface area contributed by atoms with E-state index in [2.05, 4.69) is 9.72 Å². The third-order valence-corrected chi connectivity index (χ3v) is 2.52. The van der Waals surface area contributed by atoms with E-state index in [0.29, 0.717) is 5.56 Å². The molecule has 1 amide bonds. The fourth-order valence-corrected chi connectivity index (χ4v) is 1.58. The highest BCUT2D eigenvalue weighted by molar-refractivity contribution is 5.95. The van der Waals surface area contributed by atoms with Gasteiger partial charge in [-0.15, -0.1) is 0 Å². The zero-order valence-electron chi connectivity index (χ0n) is 10.7. The van der Waals surface area contributed by atoms with Gasteiger partial charge in [0.2, 0.25) is 5.88 Å². The lowest BCUT2D eigenvalue weighted by Gasteiger charge is -2.08. The minimum Gasteiger partial charge on any atom is -0.465 e. The SMILES string of the molecule is COC(=O)c1ccnc(Oc2ccccc2C(N)=O)c1. The van der Waals surface area contributed by atoms with Crippen molar-refractivity contribution in [1.29, 1.82) is 0 Å². The van der Waals surface area contributed by atoms with Gasteiger partial charge in [-0.2, -0.15) is 0 Å². The van der Waals surface area contributed by atoms with Gasteiger partial charge < -0.3 is 15.2 Å². The summed E-state index contributed by atoms with van der Waals surface area (Å²) >= 11 is 0. The highest BCUT2D eigenvalue weighted by Gasteiger charge is 2.12. The molecular weight excluding hydrogens is 260 g/mol. The molecule has 0 unspecified atom stereocenters. The summed E-state index contributed by atoms with van der Waals surface area (Å²) in [7, 11) is 1.28. The predicted octanol–water partition coefficient (Wildman–Crippen LogP) is 1.76. The average Bonchev–Trinajstić information content (AvgIpc) is 2.47. The molecule has 6 heteroatoms. The molecule has 1 aromatic carbocycles. The Morgan fingerprint density at radius 2 is 1.95 bits per heavy atom. The average molecular weight is 272 g/mol. The van der Waals surface area contributed by atoms with Crippen LogP contribution >= 0.6 is 0 Å². The molecule has 0 aliphatic heterocycles. The maximum Gasteiger partial charge on any atom is 0.338 e. The zero-order chi connectivity index (χ0) is 14.5. The highest BCUT2D eigenvalue weighted by atomic mass is 16.5. The van der Waals surface area contributed by atoms with E-state index >= 15 is 0 Å². The molecule has 0 aliphatic carbocycles. The smallest absolute Gasteiger partial charge is 0.338 e. The fraction of sp³-hybridized carbons (Fsp3) is 0.0714. The Morgan fingerprint density at radius 3 is 2.65 bits per heavy atom. The largest absolute Gasteiger partial charge is 0.465 e. The van der Waals surface area contributed by atoms with Gasteiger partial charge in [0, 0.05) is 12.3 Å². The number of amides is 1. The van der Waals surface area contributed by atoms with Crippen molar-refractivity contribution in [3.05, 3.63) is 53.7 Å². The van der Waals surface area contributed by atoms with Crippen molar-refractivity contribution < 1.29 is 19.1 Å². The second-order valence-corrected chi connectivity index (χ2v) is 3.84. The van der Waals surface area contributed by atoms with Gasteiger partial charge in [-0.1, -0.05) is 12.1 Å². The van der Waals surface area contributed by atoms with Crippen molar-refractivity contribution in [2.75, 3.05) is 7.11 Å². The van der Waals surface area contributed by atoms with Crippen LogP contribution in [0.4, 0.5) is 0 Å². The summed E-state index contributed by atoms with van der Waals surface area (Å²) in [5.41, 5.74) is 5.79. The van der Waals surface area contributed by atoms with Crippen LogP contribution < -0.4 is 10.5 Å². The van der Waals surface area contributed by atoms with E-state index in [1.54, 1.807) is 24.3 Å². The van der Waals surface area contributed by atoms with Crippen LogP contribution in [-0.2, 0) is 4.74 Å². The molecule has 1 heterocycles. The van der Waals surface area contributed by atoms with Crippen molar-refractivity contribution in [3.63, 3.8) is 0 Å². The molecule has 0 saturated heterocycles. The van der Waals surface area contributed by atoms with Gasteiger partial charge in [0.15, 0.2) is 0 Å². The number of rotatable bonds is 4. The summed E-state index contributed by atoms with van der Waals surface area (Å²) in [5.74, 6) is -0.665. The Balaban J connectivity index is 2.31. The first-order chi connectivity index (χ1) is 9.61. The summed E-state index contributed by atoms with van der Waals surface area (Å²) in [4.78, 5) is 26.7. The number of methoxy groups -OCH3 is 1. The quantitative estimate of drug-likeness (QED) is 0.856. The third-order valence-electron chi connectivity index (χ3n) is 2.52. The number of esters is 1. The van der Waals surface area contributed by atoms with Crippen LogP contribution in [0.2, 0.25) is 0 Å². The van der Waals surface area contributed by atoms with Crippen molar-refractivity contribution in [2.24, 2.45) is 5.73 Å². The van der Waals surface area contributed by atoms with E-state index in [-0.39, 0.29) is 17.2 Å².